The Bertz CT molecular complexity index is 20.8. The molecule has 2 nitrogen and oxygen atoms in total. The van der Waals surface area contributed by atoms with Gasteiger partial charge in [-0.3, -0.25) is 9.86 Å². The SMILES string of the molecule is CNSSSN. The van der Waals surface area contributed by atoms with Gasteiger partial charge in [0.15, 0.2) is 0 Å². The minimum atomic E-state index is 1.24. The van der Waals surface area contributed by atoms with Gasteiger partial charge < -0.3 is 0 Å². The Balaban J connectivity index is 2.34. The van der Waals surface area contributed by atoms with Crippen molar-refractivity contribution < 1.29 is 0 Å². The molecule has 38 valence electrons. The van der Waals surface area contributed by atoms with Crippen LogP contribution >= 0.6 is 31.8 Å². The van der Waals surface area contributed by atoms with Crippen LogP contribution in [0.2, 0.25) is 0 Å². The van der Waals surface area contributed by atoms with E-state index in [0.717, 1.165) is 0 Å². The maximum atomic E-state index is 5.03. The van der Waals surface area contributed by atoms with Gasteiger partial charge in [0, 0.05) is 20.8 Å². The second kappa shape index (κ2) is 5.97. The number of rotatable bonds is 3. The van der Waals surface area contributed by atoms with Crippen LogP contribution in [0.15, 0.2) is 0 Å². The maximum Gasteiger partial charge on any atom is 0.00790 e. The van der Waals surface area contributed by atoms with Crippen LogP contribution in [0, 0.1) is 0 Å². The third-order valence-electron chi connectivity index (χ3n) is 0.157. The molecule has 3 N–H and O–H groups in total. The Hall–Kier alpha value is 0.970. The first-order valence-electron chi connectivity index (χ1n) is 1.27. The van der Waals surface area contributed by atoms with Gasteiger partial charge in [0.1, 0.15) is 0 Å². The fourth-order valence-corrected chi connectivity index (χ4v) is 1.45. The van der Waals surface area contributed by atoms with Crippen LogP contribution < -0.4 is 9.86 Å². The highest BCUT2D eigenvalue weighted by atomic mass is 33.5. The van der Waals surface area contributed by atoms with Crippen LogP contribution in [0.4, 0.5) is 0 Å². The van der Waals surface area contributed by atoms with E-state index in [-0.39, 0.29) is 0 Å². The van der Waals surface area contributed by atoms with Crippen molar-refractivity contribution in [3.8, 4) is 0 Å². The smallest absolute Gasteiger partial charge is 0.00790 e. The van der Waals surface area contributed by atoms with Gasteiger partial charge in [0.2, 0.25) is 0 Å². The Morgan fingerprint density at radius 3 is 2.50 bits per heavy atom. The van der Waals surface area contributed by atoms with Crippen LogP contribution in [0.5, 0.6) is 0 Å². The van der Waals surface area contributed by atoms with Gasteiger partial charge >= 0.3 is 0 Å². The Kier molecular flexibility index (Phi) is 6.94. The number of nitrogens with one attached hydrogen (secondary N) is 1. The predicted molar refractivity (Wildman–Crippen MR) is 36.0 cm³/mol. The highest BCUT2D eigenvalue weighted by Crippen LogP contribution is 2.25. The van der Waals surface area contributed by atoms with E-state index in [1.165, 1.54) is 31.8 Å². The molecule has 0 aromatic carbocycles. The molecule has 0 aromatic rings. The maximum absolute atomic E-state index is 5.03. The molecule has 0 bridgehead atoms. The van der Waals surface area contributed by atoms with Crippen LogP contribution in [0.1, 0.15) is 0 Å². The summed E-state index contributed by atoms with van der Waals surface area (Å²) in [7, 11) is 6.12. The summed E-state index contributed by atoms with van der Waals surface area (Å²) < 4.78 is 2.85. The van der Waals surface area contributed by atoms with E-state index in [4.69, 9.17) is 5.14 Å². The summed E-state index contributed by atoms with van der Waals surface area (Å²) in [5.41, 5.74) is 0. The van der Waals surface area contributed by atoms with E-state index < -0.39 is 0 Å². The lowest BCUT2D eigenvalue weighted by Crippen LogP contribution is -1.84. The zero-order valence-electron chi connectivity index (χ0n) is 3.30. The molecule has 5 heteroatoms. The predicted octanol–water partition coefficient (Wildman–Crippen LogP) is 1.02. The molecule has 0 aliphatic carbocycles. The molecular weight excluding hydrogens is 136 g/mol. The molecule has 0 atom stereocenters. The van der Waals surface area contributed by atoms with Crippen molar-refractivity contribution in [1.29, 1.82) is 0 Å². The van der Waals surface area contributed by atoms with Crippen LogP contribution in [0.3, 0.4) is 0 Å². The van der Waals surface area contributed by atoms with Gasteiger partial charge in [-0.15, -0.1) is 0 Å². The summed E-state index contributed by atoms with van der Waals surface area (Å²) in [4.78, 5) is 0. The number of hydrogen-bond acceptors (Lipinski definition) is 5. The molecule has 0 unspecified atom stereocenters. The normalized spacial score (nSPS) is 9.00. The van der Waals surface area contributed by atoms with Crippen molar-refractivity contribution in [3.05, 3.63) is 0 Å². The van der Waals surface area contributed by atoms with Crippen molar-refractivity contribution in [2.75, 3.05) is 7.05 Å². The lowest BCUT2D eigenvalue weighted by Gasteiger charge is -1.87. The lowest BCUT2D eigenvalue weighted by molar-refractivity contribution is 1.31. The van der Waals surface area contributed by atoms with Crippen LogP contribution in [-0.4, -0.2) is 7.05 Å². The van der Waals surface area contributed by atoms with Crippen molar-refractivity contribution in [3.63, 3.8) is 0 Å². The van der Waals surface area contributed by atoms with E-state index in [9.17, 15) is 0 Å². The molecule has 0 aromatic heterocycles. The van der Waals surface area contributed by atoms with E-state index in [2.05, 4.69) is 4.72 Å². The Morgan fingerprint density at radius 1 is 1.67 bits per heavy atom. The lowest BCUT2D eigenvalue weighted by atomic mass is 11.6. The van der Waals surface area contributed by atoms with Crippen molar-refractivity contribution in [2.24, 2.45) is 5.14 Å². The third-order valence-corrected chi connectivity index (χ3v) is 2.73. The molecule has 0 heterocycles. The molecule has 0 aliphatic heterocycles. The Morgan fingerprint density at radius 2 is 2.33 bits per heavy atom. The molecule has 0 aliphatic rings. The third kappa shape index (κ3) is 4.97. The molecule has 6 heavy (non-hydrogen) atoms. The molecule has 0 rings (SSSR count). The summed E-state index contributed by atoms with van der Waals surface area (Å²) in [5.74, 6) is 0. The molecule has 0 amide bonds. The first-order valence-corrected chi connectivity index (χ1v) is 4.82. The van der Waals surface area contributed by atoms with Gasteiger partial charge in [-0.1, -0.05) is 0 Å². The van der Waals surface area contributed by atoms with Crippen molar-refractivity contribution in [1.82, 2.24) is 4.72 Å². The summed E-state index contributed by atoms with van der Waals surface area (Å²) in [5, 5.41) is 5.03. The minimum absolute atomic E-state index is 1.24. The fraction of sp³-hybridized carbons (Fsp3) is 1.00. The van der Waals surface area contributed by atoms with Crippen LogP contribution in [-0.2, 0) is 0 Å². The van der Waals surface area contributed by atoms with Gasteiger partial charge in [-0.25, -0.2) is 0 Å². The first kappa shape index (κ1) is 6.97. The average Bonchev–Trinajstić information content (AvgIpc) is 1.61. The first-order chi connectivity index (χ1) is 2.91. The quantitative estimate of drug-likeness (QED) is 0.350. The highest BCUT2D eigenvalue weighted by Gasteiger charge is 1.75. The van der Waals surface area contributed by atoms with Gasteiger partial charge in [-0.05, 0) is 18.0 Å². The zero-order chi connectivity index (χ0) is 4.83. The second-order valence-corrected chi connectivity index (χ2v) is 4.07. The topological polar surface area (TPSA) is 38.0 Å². The molecule has 0 fully saturated rings. The Labute approximate surface area is 49.1 Å². The summed E-state index contributed by atoms with van der Waals surface area (Å²) >= 11 is 0. The fourth-order valence-electron chi connectivity index (χ4n) is 0.0537. The van der Waals surface area contributed by atoms with Gasteiger partial charge in [0.25, 0.3) is 0 Å². The molecule has 0 spiro atoms. The zero-order valence-corrected chi connectivity index (χ0v) is 5.75. The largest absolute Gasteiger partial charge is 0.268 e. The monoisotopic (exact) mass is 142 g/mol. The standard InChI is InChI=1S/CH6N2S3/c1-3-5-6-4-2/h3H,2H2,1H3. The minimum Gasteiger partial charge on any atom is -0.268 e. The molecule has 0 saturated heterocycles. The van der Waals surface area contributed by atoms with Crippen molar-refractivity contribution >= 4 is 31.8 Å². The number of nitrogens with two attached hydrogens (primary N) is 1. The summed E-state index contributed by atoms with van der Waals surface area (Å²) in [6, 6.07) is 0. The summed E-state index contributed by atoms with van der Waals surface area (Å²) in [6.07, 6.45) is 0. The van der Waals surface area contributed by atoms with E-state index in [1.54, 1.807) is 0 Å². The number of hydrogen-bond donors (Lipinski definition) is 2. The van der Waals surface area contributed by atoms with Gasteiger partial charge in [-0.2, -0.15) is 0 Å². The van der Waals surface area contributed by atoms with Crippen molar-refractivity contribution in [2.45, 2.75) is 0 Å². The highest BCUT2D eigenvalue weighted by molar-refractivity contribution is 9.08. The van der Waals surface area contributed by atoms with Crippen LogP contribution in [0.25, 0.3) is 0 Å². The molecular formula is CH6N2S3. The average molecular weight is 142 g/mol. The van der Waals surface area contributed by atoms with E-state index in [0.29, 0.717) is 0 Å². The summed E-state index contributed by atoms with van der Waals surface area (Å²) in [6.45, 7) is 0. The van der Waals surface area contributed by atoms with E-state index in [1.807, 2.05) is 7.05 Å². The molecule has 0 radical (unpaired) electrons. The molecule has 0 saturated carbocycles. The second-order valence-electron chi connectivity index (χ2n) is 0.452. The van der Waals surface area contributed by atoms with Gasteiger partial charge in [0.05, 0.1) is 0 Å². The van der Waals surface area contributed by atoms with E-state index >= 15 is 0 Å².